The number of ether oxygens (including phenoxy) is 2. The quantitative estimate of drug-likeness (QED) is 0.321. The van der Waals surface area contributed by atoms with E-state index < -0.39 is 23.5 Å². The summed E-state index contributed by atoms with van der Waals surface area (Å²) < 4.78 is 11.3. The summed E-state index contributed by atoms with van der Waals surface area (Å²) in [6, 6.07) is 26.1. The van der Waals surface area contributed by atoms with Gasteiger partial charge < -0.3 is 19.9 Å². The van der Waals surface area contributed by atoms with Crippen LogP contribution in [0.25, 0.3) is 0 Å². The summed E-state index contributed by atoms with van der Waals surface area (Å²) >= 11 is 0. The molecular weight excluding hydrogens is 482 g/mol. The first-order valence-corrected chi connectivity index (χ1v) is 12.2. The summed E-state index contributed by atoms with van der Waals surface area (Å²) in [5, 5.41) is 13.6. The van der Waals surface area contributed by atoms with E-state index in [2.05, 4.69) is 15.3 Å². The minimum Gasteiger partial charge on any atom is -0.497 e. The molecule has 1 atom stereocenters. The number of rotatable bonds is 10. The van der Waals surface area contributed by atoms with Crippen molar-refractivity contribution in [3.05, 3.63) is 119 Å². The van der Waals surface area contributed by atoms with Crippen molar-refractivity contribution in [3.63, 3.8) is 0 Å². The van der Waals surface area contributed by atoms with Crippen LogP contribution in [0.3, 0.4) is 0 Å². The molecule has 0 spiro atoms. The fourth-order valence-corrected chi connectivity index (χ4v) is 4.34. The number of amides is 1. The third-order valence-electron chi connectivity index (χ3n) is 6.21. The Labute approximate surface area is 221 Å². The first kappa shape index (κ1) is 26.3. The van der Waals surface area contributed by atoms with Gasteiger partial charge in [0.05, 0.1) is 7.11 Å². The predicted molar refractivity (Wildman–Crippen MR) is 142 cm³/mol. The van der Waals surface area contributed by atoms with Crippen LogP contribution in [-0.2, 0) is 16.8 Å². The normalized spacial score (nSPS) is 11.9. The Hall–Kier alpha value is -4.72. The summed E-state index contributed by atoms with van der Waals surface area (Å²) in [6.07, 6.45) is -1.00. The van der Waals surface area contributed by atoms with Gasteiger partial charge in [-0.1, -0.05) is 67.6 Å². The van der Waals surface area contributed by atoms with E-state index in [9.17, 15) is 14.7 Å². The van der Waals surface area contributed by atoms with Crippen LogP contribution in [0.2, 0.25) is 0 Å². The van der Waals surface area contributed by atoms with Crippen LogP contribution in [0, 0.1) is 6.92 Å². The van der Waals surface area contributed by atoms with Gasteiger partial charge in [-0.05, 0) is 54.8 Å². The number of carbonyl (C=O) groups is 2. The van der Waals surface area contributed by atoms with Gasteiger partial charge in [-0.2, -0.15) is 0 Å². The lowest BCUT2D eigenvalue weighted by Gasteiger charge is -2.39. The van der Waals surface area contributed by atoms with Crippen molar-refractivity contribution < 1.29 is 24.2 Å². The fourth-order valence-electron chi connectivity index (χ4n) is 4.34. The minimum atomic E-state index is -1.65. The van der Waals surface area contributed by atoms with Crippen molar-refractivity contribution in [3.8, 4) is 11.8 Å². The topological polar surface area (TPSA) is 111 Å². The van der Waals surface area contributed by atoms with Crippen molar-refractivity contribution in [2.45, 2.75) is 31.9 Å². The smallest absolute Gasteiger partial charge is 0.348 e. The second-order valence-corrected chi connectivity index (χ2v) is 8.70. The molecule has 1 unspecified atom stereocenters. The van der Waals surface area contributed by atoms with Crippen molar-refractivity contribution in [1.29, 1.82) is 0 Å². The Balaban J connectivity index is 1.92. The summed E-state index contributed by atoms with van der Waals surface area (Å²) in [7, 11) is 1.54. The molecule has 194 valence electrons. The van der Waals surface area contributed by atoms with Gasteiger partial charge in [-0.25, -0.2) is 14.8 Å². The summed E-state index contributed by atoms with van der Waals surface area (Å²) in [5.74, 6) is -1.19. The predicted octanol–water partition coefficient (Wildman–Crippen LogP) is 4.56. The first-order valence-electron chi connectivity index (χ1n) is 12.2. The molecule has 8 nitrogen and oxygen atoms in total. The second-order valence-electron chi connectivity index (χ2n) is 8.70. The third kappa shape index (κ3) is 5.49. The molecule has 0 radical (unpaired) electrons. The number of methoxy groups -OCH3 is 1. The number of benzene rings is 3. The molecule has 0 bridgehead atoms. The Bertz CT molecular complexity index is 1350. The van der Waals surface area contributed by atoms with Crippen molar-refractivity contribution >= 4 is 11.9 Å². The number of aromatic nitrogens is 2. The molecule has 1 heterocycles. The maximum Gasteiger partial charge on any atom is 0.348 e. The number of carboxylic acids is 1. The molecule has 0 saturated carbocycles. The lowest BCUT2D eigenvalue weighted by atomic mass is 9.77. The highest BCUT2D eigenvalue weighted by Gasteiger charge is 2.50. The summed E-state index contributed by atoms with van der Waals surface area (Å²) in [4.78, 5) is 35.4. The third-order valence-corrected chi connectivity index (χ3v) is 6.21. The van der Waals surface area contributed by atoms with Gasteiger partial charge in [-0.15, -0.1) is 0 Å². The number of hydrogen-bond donors (Lipinski definition) is 2. The zero-order valence-corrected chi connectivity index (χ0v) is 21.4. The van der Waals surface area contributed by atoms with Gasteiger partial charge >= 0.3 is 12.0 Å². The molecule has 2 N–H and O–H groups in total. The average molecular weight is 512 g/mol. The monoisotopic (exact) mass is 511 g/mol. The van der Waals surface area contributed by atoms with E-state index in [1.165, 1.54) is 7.11 Å². The van der Waals surface area contributed by atoms with E-state index in [0.29, 0.717) is 40.2 Å². The van der Waals surface area contributed by atoms with Crippen molar-refractivity contribution in [2.24, 2.45) is 0 Å². The molecule has 4 aromatic rings. The molecule has 3 aromatic carbocycles. The van der Waals surface area contributed by atoms with Gasteiger partial charge in [0, 0.05) is 17.0 Å². The number of hydrogen-bond acceptors (Lipinski definition) is 6. The molecule has 1 amide bonds. The number of aliphatic carboxylic acids is 1. The summed E-state index contributed by atoms with van der Waals surface area (Å²) in [6.45, 7) is 3.73. The van der Waals surface area contributed by atoms with Gasteiger partial charge in [0.1, 0.15) is 11.3 Å². The Kier molecular flexibility index (Phi) is 8.01. The Morgan fingerprint density at radius 3 is 2.00 bits per heavy atom. The van der Waals surface area contributed by atoms with Crippen LogP contribution in [0.1, 0.15) is 39.8 Å². The molecule has 1 aromatic heterocycles. The van der Waals surface area contributed by atoms with E-state index in [1.54, 1.807) is 79.7 Å². The molecule has 38 heavy (non-hydrogen) atoms. The molecule has 8 heteroatoms. The van der Waals surface area contributed by atoms with Crippen LogP contribution in [-0.4, -0.2) is 40.2 Å². The number of nitrogens with one attached hydrogen (secondary N) is 1. The first-order chi connectivity index (χ1) is 18.4. The molecule has 4 rings (SSSR count). The van der Waals surface area contributed by atoms with Crippen LogP contribution < -0.4 is 14.8 Å². The number of nitrogens with zero attached hydrogens (tertiary/aromatic N) is 2. The van der Waals surface area contributed by atoms with Gasteiger partial charge in [0.2, 0.25) is 6.10 Å². The van der Waals surface area contributed by atoms with E-state index in [0.717, 1.165) is 0 Å². The zero-order valence-electron chi connectivity index (χ0n) is 21.4. The average Bonchev–Trinajstić information content (AvgIpc) is 2.95. The largest absolute Gasteiger partial charge is 0.497 e. The molecule has 0 aliphatic rings. The lowest BCUT2D eigenvalue weighted by Crippen LogP contribution is -2.60. The molecule has 0 aliphatic heterocycles. The van der Waals surface area contributed by atoms with E-state index in [4.69, 9.17) is 9.47 Å². The maximum absolute atomic E-state index is 13.7. The van der Waals surface area contributed by atoms with Crippen LogP contribution >= 0.6 is 0 Å². The van der Waals surface area contributed by atoms with Gasteiger partial charge in [0.25, 0.3) is 5.91 Å². The molecule has 0 saturated heterocycles. The SMILES string of the molecule is CCc1cc(C)nc(OC(C(=O)O)C(NC(=O)c2ccc(OC)cc2)(c2ccccc2)c2ccccc2)n1. The summed E-state index contributed by atoms with van der Waals surface area (Å²) in [5.41, 5.74) is 1.07. The van der Waals surface area contributed by atoms with E-state index >= 15 is 0 Å². The molecule has 0 fully saturated rings. The van der Waals surface area contributed by atoms with Crippen LogP contribution in [0.5, 0.6) is 11.8 Å². The Morgan fingerprint density at radius 2 is 1.50 bits per heavy atom. The van der Waals surface area contributed by atoms with Crippen LogP contribution in [0.4, 0.5) is 0 Å². The highest BCUT2D eigenvalue weighted by Crippen LogP contribution is 2.36. The van der Waals surface area contributed by atoms with Gasteiger partial charge in [-0.3, -0.25) is 4.79 Å². The highest BCUT2D eigenvalue weighted by molar-refractivity contribution is 5.96. The lowest BCUT2D eigenvalue weighted by molar-refractivity contribution is -0.148. The van der Waals surface area contributed by atoms with Crippen LogP contribution in [0.15, 0.2) is 91.0 Å². The number of aryl methyl sites for hydroxylation is 2. The van der Waals surface area contributed by atoms with E-state index in [-0.39, 0.29) is 6.01 Å². The molecule has 0 aliphatic carbocycles. The molecular formula is C30H29N3O5. The van der Waals surface area contributed by atoms with E-state index in [1.807, 2.05) is 25.1 Å². The maximum atomic E-state index is 13.7. The number of carbonyl (C=O) groups excluding carboxylic acids is 1. The standard InChI is InChI=1S/C30H29N3O5/c1-4-24-19-20(2)31-29(32-24)38-26(28(35)36)30(22-11-7-5-8-12-22,23-13-9-6-10-14-23)33-27(34)21-15-17-25(37-3)18-16-21/h5-19,26H,4H2,1-3H3,(H,33,34)(H,35,36). The second kappa shape index (κ2) is 11.6. The number of carboxylic acid groups (broad SMARTS) is 1. The van der Waals surface area contributed by atoms with Crippen molar-refractivity contribution in [2.75, 3.05) is 7.11 Å². The fraction of sp³-hybridized carbons (Fsp3) is 0.200. The minimum absolute atomic E-state index is 0.0795. The highest BCUT2D eigenvalue weighted by atomic mass is 16.5. The van der Waals surface area contributed by atoms with Gasteiger partial charge in [0.15, 0.2) is 0 Å². The Morgan fingerprint density at radius 1 is 0.921 bits per heavy atom. The zero-order chi connectivity index (χ0) is 27.1. The van der Waals surface area contributed by atoms with Crippen molar-refractivity contribution in [1.82, 2.24) is 15.3 Å².